The molecule has 114 valence electrons. The molecule has 0 heterocycles. The van der Waals surface area contributed by atoms with Crippen LogP contribution in [0.1, 0.15) is 36.8 Å². The summed E-state index contributed by atoms with van der Waals surface area (Å²) < 4.78 is 24.6. The summed E-state index contributed by atoms with van der Waals surface area (Å²) in [5.41, 5.74) is 2.38. The average Bonchev–Trinajstić information content (AvgIpc) is 2.53. The Balaban J connectivity index is 2.02. The van der Waals surface area contributed by atoms with Crippen LogP contribution in [0, 0.1) is 13.5 Å². The fourth-order valence-corrected chi connectivity index (χ4v) is 3.47. The van der Waals surface area contributed by atoms with E-state index in [1.54, 1.807) is 18.2 Å². The smallest absolute Gasteiger partial charge is 0.203 e. The zero-order valence-corrected chi connectivity index (χ0v) is 13.7. The normalized spacial score (nSPS) is 12.8. The quantitative estimate of drug-likeness (QED) is 0.784. The van der Waals surface area contributed by atoms with Gasteiger partial charge in [-0.2, -0.15) is 0 Å². The molecule has 2 aromatic carbocycles. The summed E-state index contributed by atoms with van der Waals surface area (Å²) in [5.74, 6) is 0.229. The second-order valence-corrected chi connectivity index (χ2v) is 7.56. The first kappa shape index (κ1) is 16.5. The first-order valence-electron chi connectivity index (χ1n) is 7.35. The van der Waals surface area contributed by atoms with Gasteiger partial charge in [0.15, 0.2) is 0 Å². The summed E-state index contributed by atoms with van der Waals surface area (Å²) in [6, 6.07) is 16.4. The molecule has 0 aliphatic heterocycles. The Morgan fingerprint density at radius 2 is 1.64 bits per heavy atom. The van der Waals surface area contributed by atoms with E-state index in [1.165, 1.54) is 23.3 Å². The van der Waals surface area contributed by atoms with Crippen molar-refractivity contribution in [2.45, 2.75) is 37.5 Å². The van der Waals surface area contributed by atoms with Gasteiger partial charge in [0, 0.05) is 6.58 Å². The molecule has 2 radical (unpaired) electrons. The highest BCUT2D eigenvalue weighted by Gasteiger charge is 2.19. The van der Waals surface area contributed by atoms with E-state index >= 15 is 0 Å². The van der Waals surface area contributed by atoms with Gasteiger partial charge in [0.1, 0.15) is 0 Å². The lowest BCUT2D eigenvalue weighted by molar-refractivity contribution is 0.596. The fraction of sp³-hybridized carbons (Fsp3) is 0.263. The van der Waals surface area contributed by atoms with Gasteiger partial charge in [-0.1, -0.05) is 55.0 Å². The molecular weight excluding hydrogens is 292 g/mol. The number of rotatable bonds is 6. The molecular formula is C19H20O2S. The maximum Gasteiger partial charge on any atom is 0.203 e. The number of aryl methyl sites for hydroxylation is 1. The third-order valence-corrected chi connectivity index (χ3v) is 5.57. The van der Waals surface area contributed by atoms with Gasteiger partial charge in [-0.05, 0) is 43.4 Å². The van der Waals surface area contributed by atoms with Crippen molar-refractivity contribution in [3.63, 3.8) is 0 Å². The largest absolute Gasteiger partial charge is 0.219 e. The number of sulfone groups is 1. The average molecular weight is 312 g/mol. The van der Waals surface area contributed by atoms with Crippen LogP contribution in [0.3, 0.4) is 0 Å². The monoisotopic (exact) mass is 312 g/mol. The minimum absolute atomic E-state index is 0.197. The molecule has 0 amide bonds. The van der Waals surface area contributed by atoms with Crippen molar-refractivity contribution < 1.29 is 8.42 Å². The van der Waals surface area contributed by atoms with Gasteiger partial charge in [-0.3, -0.25) is 0 Å². The molecule has 0 unspecified atom stereocenters. The molecule has 0 aliphatic carbocycles. The van der Waals surface area contributed by atoms with E-state index in [0.717, 1.165) is 0 Å². The predicted octanol–water partition coefficient (Wildman–Crippen LogP) is 4.55. The van der Waals surface area contributed by atoms with Gasteiger partial charge in [0.25, 0.3) is 0 Å². The summed E-state index contributed by atoms with van der Waals surface area (Å²) in [7, 11) is -3.64. The van der Waals surface area contributed by atoms with Crippen LogP contribution >= 0.6 is 0 Å². The molecule has 0 aromatic heterocycles. The summed E-state index contributed by atoms with van der Waals surface area (Å²) in [6.45, 7) is 12.0. The van der Waals surface area contributed by atoms with Crippen molar-refractivity contribution in [2.75, 3.05) is 0 Å². The Kier molecular flexibility index (Phi) is 5.19. The highest BCUT2D eigenvalue weighted by atomic mass is 32.2. The summed E-state index contributed by atoms with van der Waals surface area (Å²) in [6.07, 6.45) is 0.903. The van der Waals surface area contributed by atoms with Gasteiger partial charge in [-0.15, -0.1) is 0 Å². The minimum Gasteiger partial charge on any atom is -0.219 e. The lowest BCUT2D eigenvalue weighted by Crippen LogP contribution is -2.05. The van der Waals surface area contributed by atoms with Crippen LogP contribution in [-0.4, -0.2) is 8.42 Å². The zero-order valence-electron chi connectivity index (χ0n) is 12.9. The van der Waals surface area contributed by atoms with E-state index in [9.17, 15) is 8.42 Å². The Labute approximate surface area is 133 Å². The third kappa shape index (κ3) is 3.86. The van der Waals surface area contributed by atoms with E-state index in [-0.39, 0.29) is 22.1 Å². The summed E-state index contributed by atoms with van der Waals surface area (Å²) >= 11 is 0. The summed E-state index contributed by atoms with van der Waals surface area (Å²) in [4.78, 5) is -0.0133. The number of hydrogen-bond donors (Lipinski definition) is 0. The molecule has 0 bridgehead atoms. The molecule has 2 aromatic rings. The summed E-state index contributed by atoms with van der Waals surface area (Å²) in [5, 5.41) is 0. The standard InChI is InChI=1S/C19H20O2S/c1-15-9-13-18(14-10-15)16(2)11-12-17(3)22(20,21)19-7-5-4-6-8-19/h4-10,13-14,16H,11-12H2,1-2H3/t16-/m1/s1. The maximum absolute atomic E-state index is 12.3. The van der Waals surface area contributed by atoms with Crippen molar-refractivity contribution in [3.8, 4) is 0 Å². The van der Waals surface area contributed by atoms with Crippen LogP contribution in [0.25, 0.3) is 0 Å². The van der Waals surface area contributed by atoms with E-state index in [2.05, 4.69) is 31.2 Å². The molecule has 0 aliphatic rings. The molecule has 0 fully saturated rings. The van der Waals surface area contributed by atoms with Crippen LogP contribution in [0.15, 0.2) is 64.4 Å². The lowest BCUT2D eigenvalue weighted by Gasteiger charge is -2.13. The lowest BCUT2D eigenvalue weighted by atomic mass is 9.95. The number of allylic oxidation sites excluding steroid dienone is 1. The Hall–Kier alpha value is -1.87. The van der Waals surface area contributed by atoms with Gasteiger partial charge in [0.2, 0.25) is 9.84 Å². The topological polar surface area (TPSA) is 34.1 Å². The minimum atomic E-state index is -3.64. The second-order valence-electron chi connectivity index (χ2n) is 5.59. The molecule has 2 nitrogen and oxygen atoms in total. The van der Waals surface area contributed by atoms with Gasteiger partial charge in [-0.25, -0.2) is 8.42 Å². The van der Waals surface area contributed by atoms with E-state index in [1.807, 2.05) is 6.92 Å². The van der Waals surface area contributed by atoms with Gasteiger partial charge >= 0.3 is 0 Å². The third-order valence-electron chi connectivity index (χ3n) is 3.83. The zero-order chi connectivity index (χ0) is 16.2. The predicted molar refractivity (Wildman–Crippen MR) is 89.2 cm³/mol. The maximum atomic E-state index is 12.3. The SMILES string of the molecule is [C]=C(CC[C@@H](C)c1ccc(C)cc1)S(=O)(=O)c1ccccc1. The van der Waals surface area contributed by atoms with E-state index < -0.39 is 9.84 Å². The fourth-order valence-electron chi connectivity index (χ4n) is 2.29. The van der Waals surface area contributed by atoms with Crippen LogP contribution in [0.5, 0.6) is 0 Å². The van der Waals surface area contributed by atoms with Crippen LogP contribution in [0.4, 0.5) is 0 Å². The Bertz CT molecular complexity index is 729. The first-order chi connectivity index (χ1) is 10.4. The van der Waals surface area contributed by atoms with Crippen LogP contribution in [-0.2, 0) is 9.84 Å². The van der Waals surface area contributed by atoms with Crippen molar-refractivity contribution in [3.05, 3.63) is 77.2 Å². The number of hydrogen-bond acceptors (Lipinski definition) is 2. The molecule has 0 N–H and O–H groups in total. The van der Waals surface area contributed by atoms with Crippen molar-refractivity contribution >= 4 is 9.84 Å². The first-order valence-corrected chi connectivity index (χ1v) is 8.83. The molecule has 2 rings (SSSR count). The van der Waals surface area contributed by atoms with Gasteiger partial charge in [0.05, 0.1) is 9.80 Å². The molecule has 22 heavy (non-hydrogen) atoms. The van der Waals surface area contributed by atoms with Crippen molar-refractivity contribution in [1.82, 2.24) is 0 Å². The van der Waals surface area contributed by atoms with E-state index in [0.29, 0.717) is 6.42 Å². The molecule has 1 atom stereocenters. The Morgan fingerprint density at radius 1 is 1.05 bits per heavy atom. The molecule has 3 heteroatoms. The highest BCUT2D eigenvalue weighted by Crippen LogP contribution is 2.27. The Morgan fingerprint density at radius 3 is 2.23 bits per heavy atom. The van der Waals surface area contributed by atoms with E-state index in [4.69, 9.17) is 6.58 Å². The molecule has 0 saturated carbocycles. The van der Waals surface area contributed by atoms with Crippen molar-refractivity contribution in [1.29, 1.82) is 0 Å². The second kappa shape index (κ2) is 6.93. The molecule has 0 spiro atoms. The van der Waals surface area contributed by atoms with Crippen molar-refractivity contribution in [2.24, 2.45) is 0 Å². The van der Waals surface area contributed by atoms with Crippen LogP contribution in [0.2, 0.25) is 0 Å². The highest BCUT2D eigenvalue weighted by molar-refractivity contribution is 7.95. The van der Waals surface area contributed by atoms with Crippen LogP contribution < -0.4 is 0 Å². The van der Waals surface area contributed by atoms with Gasteiger partial charge < -0.3 is 0 Å². The molecule has 0 saturated heterocycles. The number of benzene rings is 2.